The van der Waals surface area contributed by atoms with Crippen molar-refractivity contribution in [3.63, 3.8) is 0 Å². The number of fused-ring (bicyclic) bond motifs is 1. The number of thioether (sulfide) groups is 1. The molecule has 5 nitrogen and oxygen atoms in total. The summed E-state index contributed by atoms with van der Waals surface area (Å²) in [5.41, 5.74) is 2.86. The number of anilines is 1. The van der Waals surface area contributed by atoms with E-state index in [1.807, 2.05) is 24.3 Å². The molecule has 1 unspecified atom stereocenters. The molecule has 1 atom stereocenters. The molecule has 1 amide bonds. The van der Waals surface area contributed by atoms with Crippen molar-refractivity contribution in [2.24, 2.45) is 4.99 Å². The van der Waals surface area contributed by atoms with Crippen LogP contribution in [-0.2, 0) is 4.79 Å². The normalized spacial score (nSPS) is 16.4. The number of halogens is 1. The standard InChI is InChI=1S/C20H18FN3O2S/c1-13(26-18-5-3-2-4-16(18)21)19(25)23-15-8-6-14(7-9-15)17-12-27-20-22-10-11-24(17)20/h2-9,12-13H,10-11H2,1H3,(H,23,25). The molecular weight excluding hydrogens is 365 g/mol. The minimum Gasteiger partial charge on any atom is -0.478 e. The summed E-state index contributed by atoms with van der Waals surface area (Å²) in [5, 5.41) is 5.93. The van der Waals surface area contributed by atoms with Crippen molar-refractivity contribution in [3.05, 3.63) is 65.3 Å². The van der Waals surface area contributed by atoms with Crippen molar-refractivity contribution in [2.75, 3.05) is 18.4 Å². The second kappa shape index (κ2) is 7.44. The highest BCUT2D eigenvalue weighted by atomic mass is 32.2. The molecule has 0 fully saturated rings. The average Bonchev–Trinajstić information content (AvgIpc) is 3.28. The van der Waals surface area contributed by atoms with E-state index in [1.54, 1.807) is 30.8 Å². The highest BCUT2D eigenvalue weighted by Crippen LogP contribution is 2.35. The van der Waals surface area contributed by atoms with Crippen LogP contribution in [0.15, 0.2) is 58.9 Å². The molecule has 0 bridgehead atoms. The van der Waals surface area contributed by atoms with E-state index in [2.05, 4.69) is 20.6 Å². The maximum absolute atomic E-state index is 13.6. The Bertz CT molecular complexity index is 927. The van der Waals surface area contributed by atoms with Crippen LogP contribution in [0.5, 0.6) is 5.75 Å². The first-order valence-electron chi connectivity index (χ1n) is 8.63. The van der Waals surface area contributed by atoms with Gasteiger partial charge in [-0.2, -0.15) is 0 Å². The molecule has 0 spiro atoms. The lowest BCUT2D eigenvalue weighted by Gasteiger charge is -2.17. The van der Waals surface area contributed by atoms with Crippen molar-refractivity contribution in [2.45, 2.75) is 13.0 Å². The van der Waals surface area contributed by atoms with Gasteiger partial charge in [-0.1, -0.05) is 36.0 Å². The van der Waals surface area contributed by atoms with Gasteiger partial charge in [-0.15, -0.1) is 0 Å². The summed E-state index contributed by atoms with van der Waals surface area (Å²) in [5.74, 6) is -0.770. The Hall–Kier alpha value is -2.80. The van der Waals surface area contributed by atoms with Crippen LogP contribution in [0.2, 0.25) is 0 Å². The number of carbonyl (C=O) groups excluding carboxylic acids is 1. The Morgan fingerprint density at radius 1 is 1.26 bits per heavy atom. The van der Waals surface area contributed by atoms with Crippen LogP contribution in [0.3, 0.4) is 0 Å². The van der Waals surface area contributed by atoms with Gasteiger partial charge in [0.05, 0.1) is 12.2 Å². The number of amidine groups is 1. The fourth-order valence-corrected chi connectivity index (χ4v) is 3.86. The van der Waals surface area contributed by atoms with E-state index < -0.39 is 11.9 Å². The molecule has 0 saturated carbocycles. The van der Waals surface area contributed by atoms with Gasteiger partial charge in [-0.05, 0) is 36.8 Å². The predicted molar refractivity (Wildman–Crippen MR) is 106 cm³/mol. The number of carbonyl (C=O) groups is 1. The van der Waals surface area contributed by atoms with Crippen molar-refractivity contribution in [3.8, 4) is 5.75 Å². The highest BCUT2D eigenvalue weighted by molar-refractivity contribution is 8.16. The molecule has 2 aliphatic heterocycles. The number of hydrogen-bond acceptors (Lipinski definition) is 5. The van der Waals surface area contributed by atoms with Gasteiger partial charge in [0.25, 0.3) is 5.91 Å². The number of aliphatic imine (C=N–C) groups is 1. The molecule has 2 aromatic carbocycles. The number of hydrogen-bond donors (Lipinski definition) is 1. The molecule has 27 heavy (non-hydrogen) atoms. The summed E-state index contributed by atoms with van der Waals surface area (Å²) < 4.78 is 19.1. The molecule has 2 aromatic rings. The Morgan fingerprint density at radius 3 is 2.81 bits per heavy atom. The van der Waals surface area contributed by atoms with E-state index >= 15 is 0 Å². The zero-order valence-corrected chi connectivity index (χ0v) is 15.5. The number of benzene rings is 2. The second-order valence-electron chi connectivity index (χ2n) is 6.19. The summed E-state index contributed by atoms with van der Waals surface area (Å²) in [7, 11) is 0. The zero-order valence-electron chi connectivity index (χ0n) is 14.7. The molecule has 7 heteroatoms. The molecule has 138 valence electrons. The molecule has 2 aliphatic rings. The van der Waals surface area contributed by atoms with Crippen molar-refractivity contribution >= 4 is 34.2 Å². The molecule has 1 N–H and O–H groups in total. The van der Waals surface area contributed by atoms with Gasteiger partial charge in [0, 0.05) is 17.6 Å². The van der Waals surface area contributed by atoms with Crippen LogP contribution in [0.4, 0.5) is 10.1 Å². The number of para-hydroxylation sites is 1. The Labute approximate surface area is 160 Å². The first-order chi connectivity index (χ1) is 13.1. The van der Waals surface area contributed by atoms with Crippen LogP contribution < -0.4 is 10.1 Å². The third-order valence-corrected chi connectivity index (χ3v) is 5.23. The first kappa shape index (κ1) is 17.6. The smallest absolute Gasteiger partial charge is 0.265 e. The Morgan fingerprint density at radius 2 is 2.04 bits per heavy atom. The molecule has 4 rings (SSSR count). The molecule has 0 saturated heterocycles. The summed E-state index contributed by atoms with van der Waals surface area (Å²) in [6.07, 6.45) is -0.820. The average molecular weight is 383 g/mol. The van der Waals surface area contributed by atoms with E-state index in [0.717, 1.165) is 29.5 Å². The lowest BCUT2D eigenvalue weighted by molar-refractivity contribution is -0.122. The quantitative estimate of drug-likeness (QED) is 0.850. The fourth-order valence-electron chi connectivity index (χ4n) is 2.90. The lowest BCUT2D eigenvalue weighted by Crippen LogP contribution is -2.30. The minimum absolute atomic E-state index is 0.0595. The predicted octanol–water partition coefficient (Wildman–Crippen LogP) is 3.95. The van der Waals surface area contributed by atoms with Gasteiger partial charge in [0.15, 0.2) is 22.8 Å². The summed E-state index contributed by atoms with van der Waals surface area (Å²) in [6.45, 7) is 3.32. The largest absolute Gasteiger partial charge is 0.478 e. The van der Waals surface area contributed by atoms with Crippen LogP contribution in [0, 0.1) is 5.82 Å². The maximum atomic E-state index is 13.6. The number of nitrogens with zero attached hydrogens (tertiary/aromatic N) is 2. The fraction of sp³-hybridized carbons (Fsp3) is 0.200. The van der Waals surface area contributed by atoms with Crippen molar-refractivity contribution in [1.82, 2.24) is 4.90 Å². The molecular formula is C20H18FN3O2S. The van der Waals surface area contributed by atoms with Gasteiger partial charge < -0.3 is 15.0 Å². The lowest BCUT2D eigenvalue weighted by atomic mass is 10.1. The maximum Gasteiger partial charge on any atom is 0.265 e. The second-order valence-corrected chi connectivity index (χ2v) is 7.03. The minimum atomic E-state index is -0.820. The van der Waals surface area contributed by atoms with Gasteiger partial charge in [0.1, 0.15) is 0 Å². The van der Waals surface area contributed by atoms with E-state index in [4.69, 9.17) is 4.74 Å². The Kier molecular flexibility index (Phi) is 4.85. The summed E-state index contributed by atoms with van der Waals surface area (Å²) in [4.78, 5) is 19.0. The molecule has 0 aliphatic carbocycles. The van der Waals surface area contributed by atoms with Crippen molar-refractivity contribution in [1.29, 1.82) is 0 Å². The summed E-state index contributed by atoms with van der Waals surface area (Å²) >= 11 is 1.63. The van der Waals surface area contributed by atoms with E-state index in [1.165, 1.54) is 12.1 Å². The van der Waals surface area contributed by atoms with Crippen LogP contribution in [0.1, 0.15) is 12.5 Å². The monoisotopic (exact) mass is 383 g/mol. The van der Waals surface area contributed by atoms with Gasteiger partial charge >= 0.3 is 0 Å². The SMILES string of the molecule is CC(Oc1ccccc1F)C(=O)Nc1ccc(C2=CSC3=NCCN23)cc1. The van der Waals surface area contributed by atoms with Gasteiger partial charge in [0.2, 0.25) is 0 Å². The van der Waals surface area contributed by atoms with Crippen LogP contribution >= 0.6 is 11.8 Å². The Balaban J connectivity index is 1.39. The van der Waals surface area contributed by atoms with Crippen LogP contribution in [-0.4, -0.2) is 35.2 Å². The summed E-state index contributed by atoms with van der Waals surface area (Å²) in [6, 6.07) is 13.6. The van der Waals surface area contributed by atoms with Gasteiger partial charge in [-0.25, -0.2) is 4.39 Å². The van der Waals surface area contributed by atoms with E-state index in [9.17, 15) is 9.18 Å². The number of ether oxygens (including phenoxy) is 1. The van der Waals surface area contributed by atoms with E-state index in [0.29, 0.717) is 5.69 Å². The zero-order chi connectivity index (χ0) is 18.8. The third kappa shape index (κ3) is 3.68. The number of nitrogens with one attached hydrogen (secondary N) is 1. The van der Waals surface area contributed by atoms with Gasteiger partial charge in [-0.3, -0.25) is 9.79 Å². The topological polar surface area (TPSA) is 53.9 Å². The van der Waals surface area contributed by atoms with E-state index in [-0.39, 0.29) is 11.7 Å². The molecule has 0 radical (unpaired) electrons. The first-order valence-corrected chi connectivity index (χ1v) is 9.51. The molecule has 2 heterocycles. The third-order valence-electron chi connectivity index (χ3n) is 4.33. The van der Waals surface area contributed by atoms with Crippen LogP contribution in [0.25, 0.3) is 5.70 Å². The molecule has 0 aromatic heterocycles. The number of rotatable bonds is 5. The van der Waals surface area contributed by atoms with Crippen molar-refractivity contribution < 1.29 is 13.9 Å². The highest BCUT2D eigenvalue weighted by Gasteiger charge is 2.27. The number of amides is 1.